The first-order valence-electron chi connectivity index (χ1n) is 8.43. The van der Waals surface area contributed by atoms with Crippen molar-refractivity contribution < 1.29 is 13.2 Å². The minimum atomic E-state index is -3.01. The van der Waals surface area contributed by atoms with Crippen LogP contribution in [-0.2, 0) is 14.6 Å². The predicted molar refractivity (Wildman–Crippen MR) is 101 cm³/mol. The molecule has 0 spiro atoms. The molecule has 1 aliphatic heterocycles. The summed E-state index contributed by atoms with van der Waals surface area (Å²) >= 11 is 1.38. The fourth-order valence-electron chi connectivity index (χ4n) is 3.22. The maximum absolute atomic E-state index is 12.8. The molecule has 8 heteroatoms. The van der Waals surface area contributed by atoms with Crippen LogP contribution in [0.4, 0.5) is 0 Å². The molecular formula is C17H23N3O3S2. The SMILES string of the molecule is CCN(C(=O)[C@@H](C)Sc1nc2ccc(C)cc2[nH]1)[C@@H]1CCS(=O)(=O)C1. The van der Waals surface area contributed by atoms with Gasteiger partial charge in [-0.15, -0.1) is 0 Å². The number of rotatable bonds is 5. The van der Waals surface area contributed by atoms with E-state index in [1.807, 2.05) is 39.0 Å². The number of hydrogen-bond acceptors (Lipinski definition) is 5. The minimum absolute atomic E-state index is 0.0359. The van der Waals surface area contributed by atoms with Gasteiger partial charge in [-0.3, -0.25) is 4.79 Å². The van der Waals surface area contributed by atoms with Gasteiger partial charge < -0.3 is 9.88 Å². The number of thioether (sulfide) groups is 1. The molecule has 0 bridgehead atoms. The number of sulfone groups is 1. The van der Waals surface area contributed by atoms with Gasteiger partial charge in [0.05, 0.1) is 27.8 Å². The molecule has 1 fully saturated rings. The number of aromatic amines is 1. The third-order valence-electron chi connectivity index (χ3n) is 4.52. The molecule has 25 heavy (non-hydrogen) atoms. The van der Waals surface area contributed by atoms with Crippen LogP contribution in [0, 0.1) is 6.92 Å². The van der Waals surface area contributed by atoms with Crippen molar-refractivity contribution in [2.75, 3.05) is 18.1 Å². The van der Waals surface area contributed by atoms with Gasteiger partial charge in [-0.2, -0.15) is 0 Å². The average molecular weight is 382 g/mol. The molecule has 1 aromatic carbocycles. The summed E-state index contributed by atoms with van der Waals surface area (Å²) in [6, 6.07) is 5.79. The lowest BCUT2D eigenvalue weighted by molar-refractivity contribution is -0.131. The van der Waals surface area contributed by atoms with E-state index in [0.717, 1.165) is 16.6 Å². The first-order chi connectivity index (χ1) is 11.8. The number of carbonyl (C=O) groups excluding carboxylic acids is 1. The number of H-pyrrole nitrogens is 1. The quantitative estimate of drug-likeness (QED) is 0.804. The number of aromatic nitrogens is 2. The second-order valence-electron chi connectivity index (χ2n) is 6.50. The Balaban J connectivity index is 1.72. The van der Waals surface area contributed by atoms with Gasteiger partial charge in [-0.25, -0.2) is 13.4 Å². The number of nitrogens with zero attached hydrogens (tertiary/aromatic N) is 2. The molecule has 6 nitrogen and oxygen atoms in total. The van der Waals surface area contributed by atoms with Crippen LogP contribution < -0.4 is 0 Å². The Morgan fingerprint density at radius 2 is 2.24 bits per heavy atom. The number of benzene rings is 1. The monoisotopic (exact) mass is 381 g/mol. The molecule has 0 unspecified atom stereocenters. The highest BCUT2D eigenvalue weighted by atomic mass is 32.2. The molecule has 2 heterocycles. The van der Waals surface area contributed by atoms with Crippen molar-refractivity contribution in [3.8, 4) is 0 Å². The van der Waals surface area contributed by atoms with E-state index < -0.39 is 9.84 Å². The van der Waals surface area contributed by atoms with Gasteiger partial charge in [0.15, 0.2) is 15.0 Å². The number of aryl methyl sites for hydroxylation is 1. The van der Waals surface area contributed by atoms with E-state index in [1.165, 1.54) is 11.8 Å². The second-order valence-corrected chi connectivity index (χ2v) is 10.1. The van der Waals surface area contributed by atoms with E-state index in [1.54, 1.807) is 4.90 Å². The largest absolute Gasteiger partial charge is 0.338 e. The number of nitrogens with one attached hydrogen (secondary N) is 1. The van der Waals surface area contributed by atoms with Crippen molar-refractivity contribution in [3.63, 3.8) is 0 Å². The normalized spacial score (nSPS) is 20.7. The number of fused-ring (bicyclic) bond motifs is 1. The first-order valence-corrected chi connectivity index (χ1v) is 11.1. The van der Waals surface area contributed by atoms with Crippen molar-refractivity contribution in [2.24, 2.45) is 0 Å². The molecule has 1 aromatic heterocycles. The Hall–Kier alpha value is -1.54. The third-order valence-corrected chi connectivity index (χ3v) is 7.25. The molecule has 1 aliphatic rings. The van der Waals surface area contributed by atoms with Gasteiger partial charge in [0.25, 0.3) is 0 Å². The van der Waals surface area contributed by atoms with Crippen LogP contribution in [0.15, 0.2) is 23.4 Å². The fraction of sp³-hybridized carbons (Fsp3) is 0.529. The van der Waals surface area contributed by atoms with Crippen molar-refractivity contribution in [1.29, 1.82) is 0 Å². The van der Waals surface area contributed by atoms with Crippen LogP contribution in [0.2, 0.25) is 0 Å². The number of carbonyl (C=O) groups is 1. The highest BCUT2D eigenvalue weighted by molar-refractivity contribution is 8.00. The van der Waals surface area contributed by atoms with Crippen LogP contribution in [-0.4, -0.2) is 58.5 Å². The topological polar surface area (TPSA) is 83.1 Å². The number of amides is 1. The Bertz CT molecular complexity index is 892. The molecule has 1 amide bonds. The highest BCUT2D eigenvalue weighted by Crippen LogP contribution is 2.27. The summed E-state index contributed by atoms with van der Waals surface area (Å²) in [5.41, 5.74) is 2.98. The molecule has 3 rings (SSSR count). The zero-order chi connectivity index (χ0) is 18.2. The first kappa shape index (κ1) is 18.3. The summed E-state index contributed by atoms with van der Waals surface area (Å²) in [4.78, 5) is 22.3. The second kappa shape index (κ2) is 6.99. The van der Waals surface area contributed by atoms with Gasteiger partial charge in [0.1, 0.15) is 0 Å². The lowest BCUT2D eigenvalue weighted by Gasteiger charge is -2.29. The number of imidazole rings is 1. The Morgan fingerprint density at radius 3 is 2.88 bits per heavy atom. The van der Waals surface area contributed by atoms with Crippen molar-refractivity contribution >= 4 is 38.5 Å². The zero-order valence-electron chi connectivity index (χ0n) is 14.7. The minimum Gasteiger partial charge on any atom is -0.338 e. The van der Waals surface area contributed by atoms with Crippen molar-refractivity contribution in [2.45, 2.75) is 43.6 Å². The molecular weight excluding hydrogens is 358 g/mol. The van der Waals surface area contributed by atoms with E-state index in [9.17, 15) is 13.2 Å². The van der Waals surface area contributed by atoms with Gasteiger partial charge in [0.2, 0.25) is 5.91 Å². The summed E-state index contributed by atoms with van der Waals surface area (Å²) in [7, 11) is -3.01. The molecule has 136 valence electrons. The van der Waals surface area contributed by atoms with Crippen LogP contribution in [0.3, 0.4) is 0 Å². The Morgan fingerprint density at radius 1 is 1.48 bits per heavy atom. The fourth-order valence-corrected chi connectivity index (χ4v) is 5.84. The predicted octanol–water partition coefficient (Wildman–Crippen LogP) is 2.39. The van der Waals surface area contributed by atoms with Crippen LogP contribution in [0.1, 0.15) is 25.8 Å². The summed E-state index contributed by atoms with van der Waals surface area (Å²) in [6.07, 6.45) is 0.531. The van der Waals surface area contributed by atoms with Crippen LogP contribution >= 0.6 is 11.8 Å². The summed E-state index contributed by atoms with van der Waals surface area (Å²) < 4.78 is 23.4. The van der Waals surface area contributed by atoms with Crippen LogP contribution in [0.25, 0.3) is 11.0 Å². The summed E-state index contributed by atoms with van der Waals surface area (Å²) in [6.45, 7) is 6.28. The van der Waals surface area contributed by atoms with Gasteiger partial charge in [0, 0.05) is 12.6 Å². The summed E-state index contributed by atoms with van der Waals surface area (Å²) in [5.74, 6) is 0.214. The van der Waals surface area contributed by atoms with Crippen LogP contribution in [0.5, 0.6) is 0 Å². The van der Waals surface area contributed by atoms with E-state index in [4.69, 9.17) is 0 Å². The third kappa shape index (κ3) is 4.00. The maximum atomic E-state index is 12.8. The maximum Gasteiger partial charge on any atom is 0.236 e. The van der Waals surface area contributed by atoms with Gasteiger partial charge >= 0.3 is 0 Å². The molecule has 1 saturated heterocycles. The lowest BCUT2D eigenvalue weighted by Crippen LogP contribution is -2.44. The van der Waals surface area contributed by atoms with E-state index >= 15 is 0 Å². The lowest BCUT2D eigenvalue weighted by atomic mass is 10.2. The van der Waals surface area contributed by atoms with Gasteiger partial charge in [-0.05, 0) is 44.9 Å². The van der Waals surface area contributed by atoms with E-state index in [-0.39, 0.29) is 28.7 Å². The Labute approximate surface area is 152 Å². The Kier molecular flexibility index (Phi) is 5.11. The molecule has 0 saturated carbocycles. The van der Waals surface area contributed by atoms with E-state index in [2.05, 4.69) is 9.97 Å². The molecule has 1 N–H and O–H groups in total. The van der Waals surface area contributed by atoms with Crippen molar-refractivity contribution in [1.82, 2.24) is 14.9 Å². The molecule has 2 atom stereocenters. The van der Waals surface area contributed by atoms with Crippen molar-refractivity contribution in [3.05, 3.63) is 23.8 Å². The summed E-state index contributed by atoms with van der Waals surface area (Å²) in [5, 5.41) is 0.376. The molecule has 0 radical (unpaired) electrons. The van der Waals surface area contributed by atoms with E-state index in [0.29, 0.717) is 18.1 Å². The standard InChI is InChI=1S/C17H23N3O3S2/c1-4-20(13-7-8-25(22,23)10-13)16(21)12(3)24-17-18-14-6-5-11(2)9-15(14)19-17/h5-6,9,12-13H,4,7-8,10H2,1-3H3,(H,18,19)/t12-,13-/m1/s1. The zero-order valence-corrected chi connectivity index (χ0v) is 16.3. The average Bonchev–Trinajstić information content (AvgIpc) is 3.09. The molecule has 0 aliphatic carbocycles. The highest BCUT2D eigenvalue weighted by Gasteiger charge is 2.35. The van der Waals surface area contributed by atoms with Gasteiger partial charge in [-0.1, -0.05) is 17.8 Å². The smallest absolute Gasteiger partial charge is 0.236 e. The molecule has 2 aromatic rings. The number of hydrogen-bond donors (Lipinski definition) is 1.